The van der Waals surface area contributed by atoms with E-state index < -0.39 is 0 Å². The van der Waals surface area contributed by atoms with Gasteiger partial charge in [0.15, 0.2) is 0 Å². The number of hydrogen-bond acceptors (Lipinski definition) is 5. The first-order valence-electron chi connectivity index (χ1n) is 10.3. The third-order valence-electron chi connectivity index (χ3n) is 5.68. The number of rotatable bonds is 6. The SMILES string of the molecule is CN1CCN(Cc2ccc(NC(=O)CCN3C(=O)c4ccccc4C3=O)cc2)CC1. The van der Waals surface area contributed by atoms with Crippen molar-refractivity contribution in [1.29, 1.82) is 0 Å². The zero-order valence-electron chi connectivity index (χ0n) is 17.1. The minimum atomic E-state index is -0.336. The van der Waals surface area contributed by atoms with Gasteiger partial charge in [0, 0.05) is 51.4 Å². The van der Waals surface area contributed by atoms with Crippen LogP contribution >= 0.6 is 0 Å². The largest absolute Gasteiger partial charge is 0.326 e. The van der Waals surface area contributed by atoms with Crippen LogP contribution < -0.4 is 5.32 Å². The fourth-order valence-corrected chi connectivity index (χ4v) is 3.84. The number of nitrogens with zero attached hydrogens (tertiary/aromatic N) is 3. The molecule has 0 unspecified atom stereocenters. The van der Waals surface area contributed by atoms with Gasteiger partial charge in [-0.05, 0) is 36.9 Å². The number of carbonyl (C=O) groups excluding carboxylic acids is 3. The fraction of sp³-hybridized carbons (Fsp3) is 0.348. The van der Waals surface area contributed by atoms with Crippen LogP contribution in [0, 0.1) is 0 Å². The number of nitrogens with one attached hydrogen (secondary N) is 1. The lowest BCUT2D eigenvalue weighted by Crippen LogP contribution is -2.43. The molecule has 0 spiro atoms. The summed E-state index contributed by atoms with van der Waals surface area (Å²) in [7, 11) is 2.14. The first-order chi connectivity index (χ1) is 14.5. The Morgan fingerprint density at radius 1 is 0.900 bits per heavy atom. The average Bonchev–Trinajstić information content (AvgIpc) is 3.00. The molecule has 0 radical (unpaired) electrons. The van der Waals surface area contributed by atoms with Crippen LogP contribution in [0.25, 0.3) is 0 Å². The molecule has 2 aromatic carbocycles. The van der Waals surface area contributed by atoms with Gasteiger partial charge in [-0.15, -0.1) is 0 Å². The molecule has 0 aliphatic carbocycles. The van der Waals surface area contributed by atoms with Gasteiger partial charge in [-0.3, -0.25) is 24.2 Å². The molecule has 156 valence electrons. The standard InChI is InChI=1S/C23H26N4O3/c1-25-12-14-26(15-13-25)16-17-6-8-18(9-7-17)24-21(28)10-11-27-22(29)19-4-2-3-5-20(19)23(27)30/h2-9H,10-16H2,1H3,(H,24,28). The van der Waals surface area contributed by atoms with E-state index in [2.05, 4.69) is 22.2 Å². The molecule has 4 rings (SSSR count). The van der Waals surface area contributed by atoms with Crippen LogP contribution in [0.3, 0.4) is 0 Å². The molecule has 1 N–H and O–H groups in total. The Balaban J connectivity index is 1.26. The van der Waals surface area contributed by atoms with Crippen LogP contribution in [-0.2, 0) is 11.3 Å². The number of amides is 3. The Morgan fingerprint density at radius 3 is 2.10 bits per heavy atom. The zero-order chi connectivity index (χ0) is 21.1. The Kier molecular flexibility index (Phi) is 5.92. The van der Waals surface area contributed by atoms with E-state index in [1.54, 1.807) is 24.3 Å². The topological polar surface area (TPSA) is 73.0 Å². The number of imide groups is 1. The van der Waals surface area contributed by atoms with Gasteiger partial charge in [-0.25, -0.2) is 0 Å². The summed E-state index contributed by atoms with van der Waals surface area (Å²) in [5.41, 5.74) is 2.73. The first kappa shape index (κ1) is 20.3. The normalized spacial score (nSPS) is 17.3. The highest BCUT2D eigenvalue weighted by Gasteiger charge is 2.34. The minimum absolute atomic E-state index is 0.0640. The van der Waals surface area contributed by atoms with Crippen molar-refractivity contribution in [3.63, 3.8) is 0 Å². The Hall–Kier alpha value is -3.03. The molecular formula is C23H26N4O3. The van der Waals surface area contributed by atoms with E-state index in [1.807, 2.05) is 24.3 Å². The number of benzene rings is 2. The second kappa shape index (κ2) is 8.77. The highest BCUT2D eigenvalue weighted by Crippen LogP contribution is 2.22. The number of carbonyl (C=O) groups is 3. The number of hydrogen-bond donors (Lipinski definition) is 1. The summed E-state index contributed by atoms with van der Waals surface area (Å²) in [5.74, 6) is -0.897. The quantitative estimate of drug-likeness (QED) is 0.744. The summed E-state index contributed by atoms with van der Waals surface area (Å²) in [6, 6.07) is 14.6. The third-order valence-corrected chi connectivity index (χ3v) is 5.68. The lowest BCUT2D eigenvalue weighted by Gasteiger charge is -2.32. The van der Waals surface area contributed by atoms with Gasteiger partial charge in [0.2, 0.25) is 5.91 Å². The van der Waals surface area contributed by atoms with E-state index in [0.717, 1.165) is 37.6 Å². The van der Waals surface area contributed by atoms with Gasteiger partial charge < -0.3 is 10.2 Å². The first-order valence-corrected chi connectivity index (χ1v) is 10.3. The summed E-state index contributed by atoms with van der Waals surface area (Å²) in [6.45, 7) is 5.27. The Labute approximate surface area is 176 Å². The van der Waals surface area contributed by atoms with E-state index >= 15 is 0 Å². The molecule has 1 saturated heterocycles. The maximum Gasteiger partial charge on any atom is 0.261 e. The second-order valence-electron chi connectivity index (χ2n) is 7.88. The maximum atomic E-state index is 12.4. The van der Waals surface area contributed by atoms with E-state index in [1.165, 1.54) is 5.56 Å². The van der Waals surface area contributed by atoms with Crippen LogP contribution in [0.2, 0.25) is 0 Å². The van der Waals surface area contributed by atoms with Gasteiger partial charge in [0.1, 0.15) is 0 Å². The summed E-state index contributed by atoms with van der Waals surface area (Å²) < 4.78 is 0. The number of likely N-dealkylation sites (N-methyl/N-ethyl adjacent to an activating group) is 1. The summed E-state index contributed by atoms with van der Waals surface area (Å²) in [4.78, 5) is 42.9. The molecule has 2 heterocycles. The van der Waals surface area contributed by atoms with E-state index in [9.17, 15) is 14.4 Å². The van der Waals surface area contributed by atoms with Crippen LogP contribution in [-0.4, -0.2) is 72.2 Å². The minimum Gasteiger partial charge on any atom is -0.326 e. The van der Waals surface area contributed by atoms with Crippen molar-refractivity contribution >= 4 is 23.4 Å². The summed E-state index contributed by atoms with van der Waals surface area (Å²) in [5, 5.41) is 2.84. The summed E-state index contributed by atoms with van der Waals surface area (Å²) >= 11 is 0. The van der Waals surface area contributed by atoms with Crippen LogP contribution in [0.4, 0.5) is 5.69 Å². The van der Waals surface area contributed by atoms with E-state index in [4.69, 9.17) is 0 Å². The van der Waals surface area contributed by atoms with E-state index in [0.29, 0.717) is 16.8 Å². The Bertz CT molecular complexity index is 914. The van der Waals surface area contributed by atoms with Gasteiger partial charge in [-0.2, -0.15) is 0 Å². The highest BCUT2D eigenvalue weighted by atomic mass is 16.2. The van der Waals surface area contributed by atoms with Gasteiger partial charge in [0.05, 0.1) is 11.1 Å². The van der Waals surface area contributed by atoms with E-state index in [-0.39, 0.29) is 30.7 Å². The molecule has 0 saturated carbocycles. The molecule has 1 fully saturated rings. The number of anilines is 1. The lowest BCUT2D eigenvalue weighted by molar-refractivity contribution is -0.116. The second-order valence-corrected chi connectivity index (χ2v) is 7.88. The van der Waals surface area contributed by atoms with Crippen molar-refractivity contribution in [2.24, 2.45) is 0 Å². The monoisotopic (exact) mass is 406 g/mol. The predicted octanol–water partition coefficient (Wildman–Crippen LogP) is 2.06. The molecule has 2 aromatic rings. The van der Waals surface area contributed by atoms with Crippen molar-refractivity contribution in [3.8, 4) is 0 Å². The lowest BCUT2D eigenvalue weighted by atomic mass is 10.1. The molecule has 0 atom stereocenters. The highest BCUT2D eigenvalue weighted by molar-refractivity contribution is 6.21. The molecule has 7 heteroatoms. The van der Waals surface area contributed by atoms with Crippen molar-refractivity contribution in [2.45, 2.75) is 13.0 Å². The van der Waals surface area contributed by atoms with Crippen LogP contribution in [0.5, 0.6) is 0 Å². The van der Waals surface area contributed by atoms with Crippen molar-refractivity contribution in [3.05, 3.63) is 65.2 Å². The number of fused-ring (bicyclic) bond motifs is 1. The molecule has 0 bridgehead atoms. The average molecular weight is 406 g/mol. The van der Waals surface area contributed by atoms with Gasteiger partial charge >= 0.3 is 0 Å². The molecular weight excluding hydrogens is 380 g/mol. The maximum absolute atomic E-state index is 12.4. The van der Waals surface area contributed by atoms with Crippen LogP contribution in [0.15, 0.2) is 48.5 Å². The Morgan fingerprint density at radius 2 is 1.50 bits per heavy atom. The molecule has 2 aliphatic heterocycles. The predicted molar refractivity (Wildman–Crippen MR) is 114 cm³/mol. The molecule has 2 aliphatic rings. The molecule has 30 heavy (non-hydrogen) atoms. The third kappa shape index (κ3) is 4.42. The van der Waals surface area contributed by atoms with Crippen LogP contribution in [0.1, 0.15) is 32.7 Å². The smallest absolute Gasteiger partial charge is 0.261 e. The molecule has 7 nitrogen and oxygen atoms in total. The number of piperazine rings is 1. The van der Waals surface area contributed by atoms with Gasteiger partial charge in [-0.1, -0.05) is 24.3 Å². The van der Waals surface area contributed by atoms with Crippen molar-refractivity contribution in [2.75, 3.05) is 45.1 Å². The molecule has 3 amide bonds. The zero-order valence-corrected chi connectivity index (χ0v) is 17.1. The van der Waals surface area contributed by atoms with Gasteiger partial charge in [0.25, 0.3) is 11.8 Å². The van der Waals surface area contributed by atoms with Crippen molar-refractivity contribution in [1.82, 2.24) is 14.7 Å². The van der Waals surface area contributed by atoms with Crippen molar-refractivity contribution < 1.29 is 14.4 Å². The molecule has 0 aromatic heterocycles. The fourth-order valence-electron chi connectivity index (χ4n) is 3.84. The summed E-state index contributed by atoms with van der Waals surface area (Å²) in [6.07, 6.45) is 0.0640.